The van der Waals surface area contributed by atoms with Crippen molar-refractivity contribution in [2.45, 2.75) is 84.1 Å². The lowest BCUT2D eigenvalue weighted by molar-refractivity contribution is 0.0565. The lowest BCUT2D eigenvalue weighted by Crippen LogP contribution is -2.00. The first-order valence-electron chi connectivity index (χ1n) is 8.01. The predicted octanol–water partition coefficient (Wildman–Crippen LogP) is 5.91. The Labute approximate surface area is 121 Å². The molecule has 0 amide bonds. The highest BCUT2D eigenvalue weighted by molar-refractivity contribution is 5.11. The fraction of sp³-hybridized carbons (Fsp3) is 0.812. The van der Waals surface area contributed by atoms with Crippen LogP contribution >= 0.6 is 0 Å². The van der Waals surface area contributed by atoms with Crippen LogP contribution in [0.3, 0.4) is 0 Å². The molecule has 0 N–H and O–H groups in total. The van der Waals surface area contributed by atoms with Gasteiger partial charge in [-0.05, 0) is 24.3 Å². The largest absolute Gasteiger partial charge is 0.333 e. The van der Waals surface area contributed by atoms with Crippen molar-refractivity contribution in [3.05, 3.63) is 18.0 Å². The Hall–Kier alpha value is -0.930. The molecule has 1 aromatic rings. The smallest absolute Gasteiger partial charge is 0.211 e. The summed E-state index contributed by atoms with van der Waals surface area (Å²) in [7, 11) is 0. The van der Waals surface area contributed by atoms with Crippen molar-refractivity contribution in [2.24, 2.45) is 0 Å². The summed E-state index contributed by atoms with van der Waals surface area (Å²) in [6, 6.07) is 0. The van der Waals surface area contributed by atoms with E-state index in [1.54, 1.807) is 6.20 Å². The molecule has 0 bridgehead atoms. The second-order valence-corrected chi connectivity index (χ2v) is 5.57. The predicted molar refractivity (Wildman–Crippen MR) is 79.1 cm³/mol. The molecule has 0 radical (unpaired) electrons. The van der Waals surface area contributed by atoms with Crippen molar-refractivity contribution in [1.29, 1.82) is 0 Å². The van der Waals surface area contributed by atoms with Gasteiger partial charge in [-0.2, -0.15) is 13.9 Å². The normalized spacial score (nSPS) is 13.1. The van der Waals surface area contributed by atoms with Crippen LogP contribution in [0.4, 0.5) is 8.78 Å². The van der Waals surface area contributed by atoms with Gasteiger partial charge in [0, 0.05) is 6.20 Å². The van der Waals surface area contributed by atoms with Crippen molar-refractivity contribution < 1.29 is 8.78 Å². The third kappa shape index (κ3) is 6.02. The average Bonchev–Trinajstić information content (AvgIpc) is 2.91. The first-order chi connectivity index (χ1) is 9.69. The third-order valence-corrected chi connectivity index (χ3v) is 3.86. The van der Waals surface area contributed by atoms with Crippen molar-refractivity contribution in [3.8, 4) is 0 Å². The second-order valence-electron chi connectivity index (χ2n) is 5.57. The number of hydrogen-bond donors (Lipinski definition) is 0. The van der Waals surface area contributed by atoms with Gasteiger partial charge in [-0.3, -0.25) is 0 Å². The molecule has 0 spiro atoms. The van der Waals surface area contributed by atoms with Crippen LogP contribution in [-0.4, -0.2) is 9.78 Å². The van der Waals surface area contributed by atoms with Gasteiger partial charge in [0.15, 0.2) is 0 Å². The summed E-state index contributed by atoms with van der Waals surface area (Å²) >= 11 is 0. The Balaban J connectivity index is 2.54. The maximum atomic E-state index is 12.6. The van der Waals surface area contributed by atoms with Gasteiger partial charge in [-0.25, -0.2) is 4.68 Å². The molecule has 2 nitrogen and oxygen atoms in total. The van der Waals surface area contributed by atoms with E-state index in [1.165, 1.54) is 51.1 Å². The van der Waals surface area contributed by atoms with Crippen molar-refractivity contribution in [1.82, 2.24) is 9.78 Å². The molecule has 1 aromatic heterocycles. The molecule has 4 heteroatoms. The fourth-order valence-electron chi connectivity index (χ4n) is 2.61. The van der Waals surface area contributed by atoms with Crippen LogP contribution in [0.15, 0.2) is 12.4 Å². The minimum Gasteiger partial charge on any atom is -0.211 e. The van der Waals surface area contributed by atoms with Gasteiger partial charge < -0.3 is 0 Å². The molecule has 1 rings (SSSR count). The van der Waals surface area contributed by atoms with Crippen LogP contribution < -0.4 is 0 Å². The van der Waals surface area contributed by atoms with E-state index in [2.05, 4.69) is 18.9 Å². The Kier molecular flexibility index (Phi) is 8.47. The van der Waals surface area contributed by atoms with E-state index in [1.807, 2.05) is 0 Å². The molecule has 1 atom stereocenters. The van der Waals surface area contributed by atoms with Crippen LogP contribution in [0.2, 0.25) is 0 Å². The standard InChI is InChI=1S/C16H28F2N2/c1-3-5-7-9-11-14(10-8-6-4-2)15-12-19-20(13-15)16(17)18/h12-14,16H,3-11H2,1-2H3. The summed E-state index contributed by atoms with van der Waals surface area (Å²) in [5.74, 6) is 0.394. The molecule has 0 aliphatic rings. The van der Waals surface area contributed by atoms with Crippen molar-refractivity contribution in [3.63, 3.8) is 0 Å². The fourth-order valence-corrected chi connectivity index (χ4v) is 2.61. The zero-order valence-electron chi connectivity index (χ0n) is 12.8. The maximum absolute atomic E-state index is 12.6. The average molecular weight is 286 g/mol. The van der Waals surface area contributed by atoms with E-state index in [-0.39, 0.29) is 0 Å². The molecular weight excluding hydrogens is 258 g/mol. The summed E-state index contributed by atoms with van der Waals surface area (Å²) in [6.45, 7) is 1.86. The maximum Gasteiger partial charge on any atom is 0.333 e. The zero-order chi connectivity index (χ0) is 14.8. The molecule has 0 saturated carbocycles. The molecule has 1 heterocycles. The number of rotatable bonds is 11. The quantitative estimate of drug-likeness (QED) is 0.462. The zero-order valence-corrected chi connectivity index (χ0v) is 12.8. The van der Waals surface area contributed by atoms with Crippen molar-refractivity contribution >= 4 is 0 Å². The number of hydrogen-bond acceptors (Lipinski definition) is 1. The van der Waals surface area contributed by atoms with Gasteiger partial charge in [0.1, 0.15) is 0 Å². The van der Waals surface area contributed by atoms with Crippen molar-refractivity contribution in [2.75, 3.05) is 0 Å². The summed E-state index contributed by atoms with van der Waals surface area (Å²) in [5, 5.41) is 3.78. The Morgan fingerprint density at radius 3 is 2.15 bits per heavy atom. The minimum atomic E-state index is -2.53. The van der Waals surface area contributed by atoms with E-state index in [0.717, 1.165) is 23.1 Å². The first kappa shape index (κ1) is 17.1. The molecule has 20 heavy (non-hydrogen) atoms. The van der Waals surface area contributed by atoms with Crippen LogP contribution in [0, 0.1) is 0 Å². The van der Waals surface area contributed by atoms with Gasteiger partial charge in [-0.15, -0.1) is 0 Å². The topological polar surface area (TPSA) is 17.8 Å². The van der Waals surface area contributed by atoms with Crippen LogP contribution in [0.5, 0.6) is 0 Å². The highest BCUT2D eigenvalue weighted by atomic mass is 19.3. The number of aromatic nitrogens is 2. The Morgan fingerprint density at radius 2 is 1.60 bits per heavy atom. The van der Waals surface area contributed by atoms with Crippen LogP contribution in [0.1, 0.15) is 89.7 Å². The third-order valence-electron chi connectivity index (χ3n) is 3.86. The molecular formula is C16H28F2N2. The van der Waals surface area contributed by atoms with Gasteiger partial charge in [-0.1, -0.05) is 58.8 Å². The van der Waals surface area contributed by atoms with E-state index in [9.17, 15) is 8.78 Å². The molecule has 0 saturated heterocycles. The van der Waals surface area contributed by atoms with Gasteiger partial charge >= 0.3 is 6.55 Å². The number of unbranched alkanes of at least 4 members (excludes halogenated alkanes) is 5. The highest BCUT2D eigenvalue weighted by Crippen LogP contribution is 2.29. The van der Waals surface area contributed by atoms with E-state index in [0.29, 0.717) is 5.92 Å². The monoisotopic (exact) mass is 286 g/mol. The van der Waals surface area contributed by atoms with Gasteiger partial charge in [0.2, 0.25) is 0 Å². The van der Waals surface area contributed by atoms with Gasteiger partial charge in [0.25, 0.3) is 0 Å². The Morgan fingerprint density at radius 1 is 1.00 bits per heavy atom. The van der Waals surface area contributed by atoms with Crippen LogP contribution in [0.25, 0.3) is 0 Å². The summed E-state index contributed by atoms with van der Waals surface area (Å²) in [4.78, 5) is 0. The highest BCUT2D eigenvalue weighted by Gasteiger charge is 2.15. The summed E-state index contributed by atoms with van der Waals surface area (Å²) in [6.07, 6.45) is 13.8. The molecule has 0 aromatic carbocycles. The van der Waals surface area contributed by atoms with Gasteiger partial charge in [0.05, 0.1) is 6.20 Å². The number of alkyl halides is 2. The first-order valence-corrected chi connectivity index (χ1v) is 8.01. The number of nitrogens with zero attached hydrogens (tertiary/aromatic N) is 2. The van der Waals surface area contributed by atoms with Crippen LogP contribution in [-0.2, 0) is 0 Å². The molecule has 116 valence electrons. The summed E-state index contributed by atoms with van der Waals surface area (Å²) in [5.41, 5.74) is 0.984. The molecule has 0 fully saturated rings. The molecule has 1 unspecified atom stereocenters. The minimum absolute atomic E-state index is 0.394. The summed E-state index contributed by atoms with van der Waals surface area (Å²) < 4.78 is 26.0. The van der Waals surface area contributed by atoms with E-state index >= 15 is 0 Å². The SMILES string of the molecule is CCCCCCC(CCCCC)c1cnn(C(F)F)c1. The molecule has 0 aliphatic carbocycles. The number of halogens is 2. The Bertz CT molecular complexity index is 350. The molecule has 0 aliphatic heterocycles. The second kappa shape index (κ2) is 9.89. The van der Waals surface area contributed by atoms with E-state index in [4.69, 9.17) is 0 Å². The van der Waals surface area contributed by atoms with E-state index < -0.39 is 6.55 Å². The lowest BCUT2D eigenvalue weighted by Gasteiger charge is -2.15. The lowest BCUT2D eigenvalue weighted by atomic mass is 9.90.